The molecule has 112 valence electrons. The average Bonchev–Trinajstić information content (AvgIpc) is 2.45. The average molecular weight is 290 g/mol. The van der Waals surface area contributed by atoms with E-state index in [-0.39, 0.29) is 19.6 Å². The van der Waals surface area contributed by atoms with Gasteiger partial charge in [-0.1, -0.05) is 37.3 Å². The molecule has 0 fully saturated rings. The summed E-state index contributed by atoms with van der Waals surface area (Å²) in [5.41, 5.74) is 0.929. The number of carbonyl (C=O) groups excluding carboxylic acids is 1. The van der Waals surface area contributed by atoms with Crippen molar-refractivity contribution in [2.45, 2.75) is 26.0 Å². The Balaban J connectivity index is 2.40. The molecular formula is C15H18N2O4. The number of carbonyl (C=O) groups is 2. The molecule has 2 atom stereocenters. The SMILES string of the molecule is C[C@@H](CC#N)[C@H](NC(=O)COCc1ccccc1)C(=O)O. The van der Waals surface area contributed by atoms with Crippen LogP contribution >= 0.6 is 0 Å². The van der Waals surface area contributed by atoms with E-state index in [0.29, 0.717) is 0 Å². The van der Waals surface area contributed by atoms with E-state index in [1.165, 1.54) is 0 Å². The van der Waals surface area contributed by atoms with Crippen LogP contribution in [0.25, 0.3) is 0 Å². The Morgan fingerprint density at radius 2 is 2.05 bits per heavy atom. The highest BCUT2D eigenvalue weighted by Crippen LogP contribution is 2.08. The normalized spacial score (nSPS) is 13.0. The number of rotatable bonds is 8. The molecule has 1 aromatic rings. The van der Waals surface area contributed by atoms with Gasteiger partial charge in [0.25, 0.3) is 0 Å². The second-order valence-corrected chi connectivity index (χ2v) is 4.70. The van der Waals surface area contributed by atoms with Gasteiger partial charge >= 0.3 is 5.97 Å². The third-order valence-corrected chi connectivity index (χ3v) is 2.91. The van der Waals surface area contributed by atoms with E-state index in [1.807, 2.05) is 36.4 Å². The highest BCUT2D eigenvalue weighted by molar-refractivity contribution is 5.84. The molecule has 0 aliphatic heterocycles. The number of carboxylic acids is 1. The van der Waals surface area contributed by atoms with Gasteiger partial charge in [0, 0.05) is 12.3 Å². The molecule has 1 amide bonds. The van der Waals surface area contributed by atoms with Crippen molar-refractivity contribution in [3.63, 3.8) is 0 Å². The first kappa shape index (κ1) is 16.7. The zero-order valence-corrected chi connectivity index (χ0v) is 11.8. The van der Waals surface area contributed by atoms with Crippen LogP contribution in [0.3, 0.4) is 0 Å². The zero-order chi connectivity index (χ0) is 15.7. The minimum absolute atomic E-state index is 0.0577. The topological polar surface area (TPSA) is 99.4 Å². The van der Waals surface area contributed by atoms with Crippen molar-refractivity contribution in [2.75, 3.05) is 6.61 Å². The Labute approximate surface area is 123 Å². The summed E-state index contributed by atoms with van der Waals surface area (Å²) in [5, 5.41) is 20.0. The second-order valence-electron chi connectivity index (χ2n) is 4.70. The Bertz CT molecular complexity index is 510. The highest BCUT2D eigenvalue weighted by Gasteiger charge is 2.26. The molecule has 1 aromatic carbocycles. The van der Waals surface area contributed by atoms with Crippen LogP contribution in [0.15, 0.2) is 30.3 Å². The molecule has 6 heteroatoms. The van der Waals surface area contributed by atoms with E-state index in [2.05, 4.69) is 5.32 Å². The summed E-state index contributed by atoms with van der Waals surface area (Å²) in [4.78, 5) is 22.8. The maximum Gasteiger partial charge on any atom is 0.326 e. The molecule has 0 heterocycles. The van der Waals surface area contributed by atoms with Crippen LogP contribution in [-0.4, -0.2) is 29.6 Å². The second kappa shape index (κ2) is 8.72. The molecule has 0 aliphatic carbocycles. The molecule has 0 saturated heterocycles. The molecule has 0 spiro atoms. The van der Waals surface area contributed by atoms with Gasteiger partial charge in [-0.15, -0.1) is 0 Å². The third-order valence-electron chi connectivity index (χ3n) is 2.91. The van der Waals surface area contributed by atoms with Crippen molar-refractivity contribution in [2.24, 2.45) is 5.92 Å². The van der Waals surface area contributed by atoms with Crippen LogP contribution in [0.4, 0.5) is 0 Å². The summed E-state index contributed by atoms with van der Waals surface area (Å²) >= 11 is 0. The molecule has 0 radical (unpaired) electrons. The molecule has 0 unspecified atom stereocenters. The molecule has 1 rings (SSSR count). The molecule has 0 saturated carbocycles. The third kappa shape index (κ3) is 6.06. The zero-order valence-electron chi connectivity index (χ0n) is 11.8. The number of nitriles is 1. The monoisotopic (exact) mass is 290 g/mol. The van der Waals surface area contributed by atoms with Crippen LogP contribution in [0.5, 0.6) is 0 Å². The van der Waals surface area contributed by atoms with Crippen LogP contribution in [0.2, 0.25) is 0 Å². The number of hydrogen-bond donors (Lipinski definition) is 2. The van der Waals surface area contributed by atoms with Gasteiger partial charge < -0.3 is 15.2 Å². The fourth-order valence-electron chi connectivity index (χ4n) is 1.76. The quantitative estimate of drug-likeness (QED) is 0.752. The summed E-state index contributed by atoms with van der Waals surface area (Å²) in [6, 6.07) is 10.2. The van der Waals surface area contributed by atoms with E-state index in [1.54, 1.807) is 6.92 Å². The number of ether oxygens (including phenoxy) is 1. The van der Waals surface area contributed by atoms with Gasteiger partial charge in [0.1, 0.15) is 12.6 Å². The molecule has 0 aliphatic rings. The van der Waals surface area contributed by atoms with Crippen LogP contribution < -0.4 is 5.32 Å². The van der Waals surface area contributed by atoms with Crippen molar-refractivity contribution in [3.05, 3.63) is 35.9 Å². The van der Waals surface area contributed by atoms with E-state index < -0.39 is 23.8 Å². The molecular weight excluding hydrogens is 272 g/mol. The van der Waals surface area contributed by atoms with Crippen molar-refractivity contribution in [3.8, 4) is 6.07 Å². The summed E-state index contributed by atoms with van der Waals surface area (Å²) in [5.74, 6) is -2.14. The fraction of sp³-hybridized carbons (Fsp3) is 0.400. The van der Waals surface area contributed by atoms with Gasteiger partial charge in [0.15, 0.2) is 0 Å². The van der Waals surface area contributed by atoms with Crippen LogP contribution in [-0.2, 0) is 20.9 Å². The number of hydrogen-bond acceptors (Lipinski definition) is 4. The first-order valence-corrected chi connectivity index (χ1v) is 6.55. The van der Waals surface area contributed by atoms with E-state index >= 15 is 0 Å². The standard InChI is InChI=1S/C15H18N2O4/c1-11(7-8-16)14(15(19)20)17-13(18)10-21-9-12-5-3-2-4-6-12/h2-6,11,14H,7,9-10H2,1H3,(H,17,18)(H,19,20)/t11-,14-/m0/s1. The molecule has 6 nitrogen and oxygen atoms in total. The summed E-state index contributed by atoms with van der Waals surface area (Å²) in [7, 11) is 0. The molecule has 0 bridgehead atoms. The fourth-order valence-corrected chi connectivity index (χ4v) is 1.76. The smallest absolute Gasteiger partial charge is 0.326 e. The lowest BCUT2D eigenvalue weighted by atomic mass is 9.99. The van der Waals surface area contributed by atoms with Crippen LogP contribution in [0, 0.1) is 17.2 Å². The highest BCUT2D eigenvalue weighted by atomic mass is 16.5. The Morgan fingerprint density at radius 3 is 2.62 bits per heavy atom. The Kier molecular flexibility index (Phi) is 6.92. The summed E-state index contributed by atoms with van der Waals surface area (Å²) in [6.07, 6.45) is 0.0577. The lowest BCUT2D eigenvalue weighted by Crippen LogP contribution is -2.46. The molecule has 21 heavy (non-hydrogen) atoms. The van der Waals surface area contributed by atoms with Crippen molar-refractivity contribution >= 4 is 11.9 Å². The predicted molar refractivity (Wildman–Crippen MR) is 75.1 cm³/mol. The number of amides is 1. The minimum atomic E-state index is -1.16. The number of carboxylic acid groups (broad SMARTS) is 1. The Hall–Kier alpha value is -2.39. The molecule has 0 aromatic heterocycles. The minimum Gasteiger partial charge on any atom is -0.480 e. The lowest BCUT2D eigenvalue weighted by molar-refractivity contribution is -0.144. The van der Waals surface area contributed by atoms with Gasteiger partial charge in [-0.25, -0.2) is 4.79 Å². The maximum atomic E-state index is 11.7. The van der Waals surface area contributed by atoms with Gasteiger partial charge in [-0.05, 0) is 5.56 Å². The summed E-state index contributed by atoms with van der Waals surface area (Å²) in [6.45, 7) is 1.66. The van der Waals surface area contributed by atoms with E-state index in [0.717, 1.165) is 5.56 Å². The van der Waals surface area contributed by atoms with Gasteiger partial charge in [0.2, 0.25) is 5.91 Å². The predicted octanol–water partition coefficient (Wildman–Crippen LogP) is 1.32. The van der Waals surface area contributed by atoms with Crippen molar-refractivity contribution < 1.29 is 19.4 Å². The van der Waals surface area contributed by atoms with Gasteiger partial charge in [-0.2, -0.15) is 5.26 Å². The first-order valence-electron chi connectivity index (χ1n) is 6.55. The summed E-state index contributed by atoms with van der Waals surface area (Å²) < 4.78 is 5.23. The van der Waals surface area contributed by atoms with E-state index in [4.69, 9.17) is 15.1 Å². The van der Waals surface area contributed by atoms with Gasteiger partial charge in [-0.3, -0.25) is 4.79 Å². The van der Waals surface area contributed by atoms with E-state index in [9.17, 15) is 9.59 Å². The largest absolute Gasteiger partial charge is 0.480 e. The first-order chi connectivity index (χ1) is 10.0. The number of aliphatic carboxylic acids is 1. The molecule has 2 N–H and O–H groups in total. The van der Waals surface area contributed by atoms with Crippen LogP contribution in [0.1, 0.15) is 18.9 Å². The Morgan fingerprint density at radius 1 is 1.38 bits per heavy atom. The van der Waals surface area contributed by atoms with Crippen molar-refractivity contribution in [1.82, 2.24) is 5.32 Å². The maximum absolute atomic E-state index is 11.7. The number of benzene rings is 1. The number of nitrogens with zero attached hydrogens (tertiary/aromatic N) is 1. The number of nitrogens with one attached hydrogen (secondary N) is 1. The van der Waals surface area contributed by atoms with Crippen molar-refractivity contribution in [1.29, 1.82) is 5.26 Å². The lowest BCUT2D eigenvalue weighted by Gasteiger charge is -2.19. The van der Waals surface area contributed by atoms with Gasteiger partial charge in [0.05, 0.1) is 12.7 Å².